The van der Waals surface area contributed by atoms with Crippen molar-refractivity contribution in [2.24, 2.45) is 0 Å². The van der Waals surface area contributed by atoms with Crippen molar-refractivity contribution in [3.63, 3.8) is 0 Å². The third kappa shape index (κ3) is 2.93. The number of anilines is 1. The summed E-state index contributed by atoms with van der Waals surface area (Å²) in [5.74, 6) is -0.617. The van der Waals surface area contributed by atoms with Crippen molar-refractivity contribution in [1.29, 1.82) is 0 Å². The number of ether oxygens (including phenoxy) is 1. The minimum absolute atomic E-state index is 0.221. The van der Waals surface area contributed by atoms with Crippen molar-refractivity contribution in [1.82, 2.24) is 9.97 Å². The van der Waals surface area contributed by atoms with Gasteiger partial charge < -0.3 is 20.0 Å². The minimum atomic E-state index is -0.396. The van der Waals surface area contributed by atoms with Gasteiger partial charge in [-0.2, -0.15) is 0 Å². The van der Waals surface area contributed by atoms with E-state index in [-0.39, 0.29) is 5.91 Å². The van der Waals surface area contributed by atoms with Gasteiger partial charge in [0.1, 0.15) is 11.4 Å². The van der Waals surface area contributed by atoms with Crippen LogP contribution in [0, 0.1) is 0 Å². The monoisotopic (exact) mass is 347 g/mol. The Hall–Kier alpha value is -3.54. The number of fused-ring (bicyclic) bond motifs is 2. The maximum atomic E-state index is 12.5. The molecule has 0 aliphatic heterocycles. The zero-order valence-corrected chi connectivity index (χ0v) is 14.1. The van der Waals surface area contributed by atoms with Gasteiger partial charge in [0.05, 0.1) is 6.61 Å². The van der Waals surface area contributed by atoms with Gasteiger partial charge in [0.15, 0.2) is 0 Å². The molecule has 1 amide bonds. The molecule has 4 rings (SSSR count). The number of carbonyl (C=O) groups is 2. The van der Waals surface area contributed by atoms with Crippen LogP contribution in [-0.4, -0.2) is 28.5 Å². The second-order valence-corrected chi connectivity index (χ2v) is 5.93. The molecule has 6 heteroatoms. The number of rotatable bonds is 4. The Kier molecular flexibility index (Phi) is 3.93. The largest absolute Gasteiger partial charge is 0.461 e. The molecule has 4 aromatic rings. The molecule has 0 atom stereocenters. The Labute approximate surface area is 149 Å². The lowest BCUT2D eigenvalue weighted by Gasteiger charge is -2.03. The molecule has 26 heavy (non-hydrogen) atoms. The van der Waals surface area contributed by atoms with Crippen LogP contribution in [0.2, 0.25) is 0 Å². The predicted molar refractivity (Wildman–Crippen MR) is 101 cm³/mol. The summed E-state index contributed by atoms with van der Waals surface area (Å²) >= 11 is 0. The van der Waals surface area contributed by atoms with Crippen LogP contribution in [0.3, 0.4) is 0 Å². The Balaban J connectivity index is 1.58. The van der Waals surface area contributed by atoms with E-state index in [0.29, 0.717) is 23.7 Å². The summed E-state index contributed by atoms with van der Waals surface area (Å²) in [6.07, 6.45) is 0. The molecule has 0 fully saturated rings. The van der Waals surface area contributed by atoms with Crippen LogP contribution in [0.15, 0.2) is 54.6 Å². The van der Waals surface area contributed by atoms with Crippen molar-refractivity contribution in [3.05, 3.63) is 66.0 Å². The maximum absolute atomic E-state index is 12.5. The first-order valence-electron chi connectivity index (χ1n) is 8.33. The van der Waals surface area contributed by atoms with E-state index < -0.39 is 5.97 Å². The number of aromatic nitrogens is 2. The van der Waals surface area contributed by atoms with E-state index in [1.807, 2.05) is 42.5 Å². The number of hydrogen-bond acceptors (Lipinski definition) is 3. The minimum Gasteiger partial charge on any atom is -0.461 e. The Morgan fingerprint density at radius 3 is 2.46 bits per heavy atom. The average molecular weight is 347 g/mol. The van der Waals surface area contributed by atoms with E-state index in [1.54, 1.807) is 19.1 Å². The Morgan fingerprint density at radius 2 is 1.65 bits per heavy atom. The number of para-hydroxylation sites is 1. The second-order valence-electron chi connectivity index (χ2n) is 5.93. The van der Waals surface area contributed by atoms with Crippen molar-refractivity contribution < 1.29 is 14.3 Å². The quantitative estimate of drug-likeness (QED) is 0.486. The Morgan fingerprint density at radius 1 is 0.923 bits per heavy atom. The molecular formula is C20H17N3O3. The molecule has 0 spiro atoms. The summed E-state index contributed by atoms with van der Waals surface area (Å²) in [7, 11) is 0. The smallest absolute Gasteiger partial charge is 0.354 e. The number of benzene rings is 2. The molecule has 0 saturated heterocycles. The molecule has 130 valence electrons. The molecule has 0 unspecified atom stereocenters. The van der Waals surface area contributed by atoms with Gasteiger partial charge in [0.25, 0.3) is 5.91 Å². The third-order valence-corrected chi connectivity index (χ3v) is 4.15. The molecule has 0 aliphatic carbocycles. The van der Waals surface area contributed by atoms with Gasteiger partial charge in [-0.25, -0.2) is 4.79 Å². The summed E-state index contributed by atoms with van der Waals surface area (Å²) in [5.41, 5.74) is 3.25. The third-order valence-electron chi connectivity index (χ3n) is 4.15. The second kappa shape index (κ2) is 6.40. The number of H-pyrrole nitrogens is 2. The van der Waals surface area contributed by atoms with Gasteiger partial charge in [-0.05, 0) is 43.3 Å². The van der Waals surface area contributed by atoms with E-state index in [9.17, 15) is 9.59 Å². The van der Waals surface area contributed by atoms with Crippen LogP contribution in [0.5, 0.6) is 0 Å². The fraction of sp³-hybridized carbons (Fsp3) is 0.100. The van der Waals surface area contributed by atoms with Gasteiger partial charge in [-0.15, -0.1) is 0 Å². The van der Waals surface area contributed by atoms with Crippen LogP contribution in [0.25, 0.3) is 21.8 Å². The Bertz CT molecular complexity index is 1090. The number of hydrogen-bond donors (Lipinski definition) is 3. The number of amides is 1. The summed E-state index contributed by atoms with van der Waals surface area (Å²) < 4.78 is 4.99. The van der Waals surface area contributed by atoms with E-state index in [2.05, 4.69) is 15.3 Å². The average Bonchev–Trinajstić information content (AvgIpc) is 3.25. The molecule has 0 aliphatic rings. The van der Waals surface area contributed by atoms with Crippen molar-refractivity contribution in [2.75, 3.05) is 11.9 Å². The lowest BCUT2D eigenvalue weighted by atomic mass is 10.2. The first-order valence-corrected chi connectivity index (χ1v) is 8.33. The molecule has 2 heterocycles. The standard InChI is InChI=1S/C20H17N3O3/c1-2-26-20(25)18-11-13-9-14(7-8-16(13)23-18)21-19(24)17-10-12-5-3-4-6-15(12)22-17/h3-11,22-23H,2H2,1H3,(H,21,24). The molecule has 2 aromatic carbocycles. The summed E-state index contributed by atoms with van der Waals surface area (Å²) in [6, 6.07) is 16.7. The zero-order chi connectivity index (χ0) is 18.1. The van der Waals surface area contributed by atoms with E-state index in [4.69, 9.17) is 4.74 Å². The van der Waals surface area contributed by atoms with Gasteiger partial charge >= 0.3 is 5.97 Å². The maximum Gasteiger partial charge on any atom is 0.354 e. The van der Waals surface area contributed by atoms with Crippen molar-refractivity contribution in [2.45, 2.75) is 6.92 Å². The molecule has 2 aromatic heterocycles. The number of nitrogens with one attached hydrogen (secondary N) is 3. The lowest BCUT2D eigenvalue weighted by Crippen LogP contribution is -2.11. The van der Waals surface area contributed by atoms with E-state index in [0.717, 1.165) is 21.8 Å². The number of carbonyl (C=O) groups excluding carboxylic acids is 2. The highest BCUT2D eigenvalue weighted by Crippen LogP contribution is 2.22. The fourth-order valence-electron chi connectivity index (χ4n) is 2.92. The van der Waals surface area contributed by atoms with Crippen molar-refractivity contribution in [3.8, 4) is 0 Å². The highest BCUT2D eigenvalue weighted by molar-refractivity contribution is 6.07. The van der Waals surface area contributed by atoms with Gasteiger partial charge in [0, 0.05) is 27.5 Å². The van der Waals surface area contributed by atoms with E-state index in [1.165, 1.54) is 0 Å². The van der Waals surface area contributed by atoms with Gasteiger partial charge in [-0.1, -0.05) is 18.2 Å². The highest BCUT2D eigenvalue weighted by atomic mass is 16.5. The summed E-state index contributed by atoms with van der Waals surface area (Å²) in [5, 5.41) is 4.68. The molecule has 0 radical (unpaired) electrons. The SMILES string of the molecule is CCOC(=O)c1cc2cc(NC(=O)c3cc4ccccc4[nH]3)ccc2[nH]1. The van der Waals surface area contributed by atoms with Crippen molar-refractivity contribution >= 4 is 39.4 Å². The van der Waals surface area contributed by atoms with Crippen LogP contribution < -0.4 is 5.32 Å². The summed E-state index contributed by atoms with van der Waals surface area (Å²) in [6.45, 7) is 2.08. The zero-order valence-electron chi connectivity index (χ0n) is 14.1. The first-order chi connectivity index (χ1) is 12.6. The summed E-state index contributed by atoms with van der Waals surface area (Å²) in [4.78, 5) is 30.4. The topological polar surface area (TPSA) is 87.0 Å². The fourth-order valence-corrected chi connectivity index (χ4v) is 2.92. The number of aromatic amines is 2. The molecular weight excluding hydrogens is 330 g/mol. The molecule has 0 bridgehead atoms. The van der Waals surface area contributed by atoms with Crippen LogP contribution in [0.1, 0.15) is 27.9 Å². The molecule has 3 N–H and O–H groups in total. The number of esters is 1. The van der Waals surface area contributed by atoms with Gasteiger partial charge in [-0.3, -0.25) is 4.79 Å². The first kappa shape index (κ1) is 16.0. The lowest BCUT2D eigenvalue weighted by molar-refractivity contribution is 0.0520. The molecule has 0 saturated carbocycles. The van der Waals surface area contributed by atoms with Crippen LogP contribution in [0.4, 0.5) is 5.69 Å². The predicted octanol–water partition coefficient (Wildman–Crippen LogP) is 4.08. The highest BCUT2D eigenvalue weighted by Gasteiger charge is 2.13. The normalized spacial score (nSPS) is 11.0. The van der Waals surface area contributed by atoms with Crippen LogP contribution >= 0.6 is 0 Å². The van der Waals surface area contributed by atoms with Crippen LogP contribution in [-0.2, 0) is 4.74 Å². The van der Waals surface area contributed by atoms with E-state index >= 15 is 0 Å². The van der Waals surface area contributed by atoms with Gasteiger partial charge in [0.2, 0.25) is 0 Å². The molecule has 6 nitrogen and oxygen atoms in total.